The third-order valence-electron chi connectivity index (χ3n) is 4.27. The second kappa shape index (κ2) is 5.65. The van der Waals surface area contributed by atoms with Crippen LogP contribution >= 0.6 is 0 Å². The molecule has 1 aliphatic carbocycles. The highest BCUT2D eigenvalue weighted by atomic mass is 16.3. The number of nitrogens with zero attached hydrogens (tertiary/aromatic N) is 2. The van der Waals surface area contributed by atoms with E-state index in [1.807, 2.05) is 6.92 Å². The molecule has 0 saturated heterocycles. The lowest BCUT2D eigenvalue weighted by molar-refractivity contribution is 0.0124. The van der Waals surface area contributed by atoms with Gasteiger partial charge in [0.1, 0.15) is 0 Å². The van der Waals surface area contributed by atoms with E-state index in [1.54, 1.807) is 0 Å². The average Bonchev–Trinajstić information content (AvgIpc) is 2.20. The molecule has 0 heterocycles. The van der Waals surface area contributed by atoms with Crippen LogP contribution in [-0.2, 0) is 0 Å². The van der Waals surface area contributed by atoms with Crippen LogP contribution in [0.25, 0.3) is 0 Å². The molecule has 1 fully saturated rings. The summed E-state index contributed by atoms with van der Waals surface area (Å²) in [6, 6.07) is 0. The molecule has 1 unspecified atom stereocenters. The quantitative estimate of drug-likeness (QED) is 0.684. The summed E-state index contributed by atoms with van der Waals surface area (Å²) in [7, 11) is 6.47. The third kappa shape index (κ3) is 3.91. The first kappa shape index (κ1) is 14.9. The Bertz CT molecular complexity index is 237. The van der Waals surface area contributed by atoms with Gasteiger partial charge in [0.05, 0.1) is 5.60 Å². The first-order valence-corrected chi connectivity index (χ1v) is 6.60. The van der Waals surface area contributed by atoms with Gasteiger partial charge < -0.3 is 20.6 Å². The van der Waals surface area contributed by atoms with Crippen molar-refractivity contribution in [3.8, 4) is 0 Å². The van der Waals surface area contributed by atoms with Crippen molar-refractivity contribution in [1.82, 2.24) is 9.80 Å². The van der Waals surface area contributed by atoms with Crippen LogP contribution in [0.1, 0.15) is 32.6 Å². The summed E-state index contributed by atoms with van der Waals surface area (Å²) in [6.07, 6.45) is 4.66. The van der Waals surface area contributed by atoms with Crippen molar-refractivity contribution in [2.75, 3.05) is 40.8 Å². The molecule has 4 nitrogen and oxygen atoms in total. The topological polar surface area (TPSA) is 52.7 Å². The first-order valence-electron chi connectivity index (χ1n) is 6.60. The molecule has 4 heteroatoms. The summed E-state index contributed by atoms with van der Waals surface area (Å²) in [5.74, 6) is 0. The molecule has 0 bridgehead atoms. The molecule has 0 aromatic carbocycles. The van der Waals surface area contributed by atoms with Gasteiger partial charge in [-0.15, -0.1) is 0 Å². The summed E-state index contributed by atoms with van der Waals surface area (Å²) in [5.41, 5.74) is 5.17. The van der Waals surface area contributed by atoms with E-state index < -0.39 is 5.60 Å². The molecule has 3 N–H and O–H groups in total. The van der Waals surface area contributed by atoms with Crippen LogP contribution in [0, 0.1) is 0 Å². The van der Waals surface area contributed by atoms with E-state index in [4.69, 9.17) is 5.73 Å². The Morgan fingerprint density at radius 1 is 1.29 bits per heavy atom. The predicted molar refractivity (Wildman–Crippen MR) is 72.1 cm³/mol. The van der Waals surface area contributed by atoms with Gasteiger partial charge in [0.2, 0.25) is 0 Å². The Balaban J connectivity index is 2.36. The molecule has 1 atom stereocenters. The lowest BCUT2D eigenvalue weighted by Gasteiger charge is -2.49. The van der Waals surface area contributed by atoms with E-state index in [1.165, 1.54) is 19.3 Å². The molecule has 0 radical (unpaired) electrons. The smallest absolute Gasteiger partial charge is 0.0753 e. The fourth-order valence-corrected chi connectivity index (χ4v) is 2.45. The Morgan fingerprint density at radius 3 is 2.24 bits per heavy atom. The lowest BCUT2D eigenvalue weighted by atomic mass is 9.75. The molecule has 1 rings (SSSR count). The van der Waals surface area contributed by atoms with Crippen molar-refractivity contribution in [3.63, 3.8) is 0 Å². The molecule has 0 spiro atoms. The van der Waals surface area contributed by atoms with E-state index in [2.05, 4.69) is 30.9 Å². The summed E-state index contributed by atoms with van der Waals surface area (Å²) >= 11 is 0. The minimum Gasteiger partial charge on any atom is -0.389 e. The van der Waals surface area contributed by atoms with Crippen molar-refractivity contribution < 1.29 is 5.11 Å². The Labute approximate surface area is 106 Å². The highest BCUT2D eigenvalue weighted by molar-refractivity contribution is 4.98. The third-order valence-corrected chi connectivity index (χ3v) is 4.27. The molecule has 0 aliphatic heterocycles. The van der Waals surface area contributed by atoms with Gasteiger partial charge in [-0.1, -0.05) is 0 Å². The number of nitrogens with two attached hydrogens (primary N) is 1. The molecular weight excluding hydrogens is 214 g/mol. The van der Waals surface area contributed by atoms with Crippen molar-refractivity contribution in [1.29, 1.82) is 0 Å². The molecule has 0 amide bonds. The molecule has 0 aromatic rings. The van der Waals surface area contributed by atoms with Crippen LogP contribution in [-0.4, -0.2) is 66.8 Å². The second-order valence-electron chi connectivity index (χ2n) is 6.16. The van der Waals surface area contributed by atoms with Crippen molar-refractivity contribution in [2.45, 2.75) is 43.7 Å². The van der Waals surface area contributed by atoms with Crippen LogP contribution in [0.2, 0.25) is 0 Å². The number of hydrogen-bond acceptors (Lipinski definition) is 4. The summed E-state index contributed by atoms with van der Waals surface area (Å²) in [6.45, 7) is 4.13. The number of rotatable bonds is 7. The van der Waals surface area contributed by atoms with E-state index in [9.17, 15) is 5.11 Å². The molecule has 17 heavy (non-hydrogen) atoms. The van der Waals surface area contributed by atoms with Gasteiger partial charge in [0, 0.05) is 25.2 Å². The van der Waals surface area contributed by atoms with Gasteiger partial charge in [-0.25, -0.2) is 0 Å². The number of hydrogen-bond donors (Lipinski definition) is 2. The van der Waals surface area contributed by atoms with Crippen LogP contribution in [0.5, 0.6) is 0 Å². The van der Waals surface area contributed by atoms with Crippen molar-refractivity contribution in [2.24, 2.45) is 5.73 Å². The van der Waals surface area contributed by atoms with Crippen LogP contribution < -0.4 is 5.73 Å². The minimum atomic E-state index is -0.723. The standard InChI is InChI=1S/C13H29N3O/c1-12(17,10-14)8-9-16(4)11-13(15(2)3)6-5-7-13/h17H,5-11,14H2,1-4H3. The van der Waals surface area contributed by atoms with E-state index in [0.717, 1.165) is 19.5 Å². The van der Waals surface area contributed by atoms with Gasteiger partial charge in [-0.05, 0) is 53.8 Å². The maximum Gasteiger partial charge on any atom is 0.0753 e. The van der Waals surface area contributed by atoms with Crippen LogP contribution in [0.4, 0.5) is 0 Å². The zero-order valence-corrected chi connectivity index (χ0v) is 11.9. The Hall–Kier alpha value is -0.160. The van der Waals surface area contributed by atoms with E-state index >= 15 is 0 Å². The molecular formula is C13H29N3O. The Kier molecular flexibility index (Phi) is 4.95. The van der Waals surface area contributed by atoms with Crippen molar-refractivity contribution >= 4 is 0 Å². The molecule has 102 valence electrons. The first-order chi connectivity index (χ1) is 7.81. The van der Waals surface area contributed by atoms with Gasteiger partial charge in [-0.2, -0.15) is 0 Å². The van der Waals surface area contributed by atoms with Gasteiger partial charge in [-0.3, -0.25) is 0 Å². The number of likely N-dealkylation sites (N-methyl/N-ethyl adjacent to an activating group) is 2. The average molecular weight is 243 g/mol. The highest BCUT2D eigenvalue weighted by Crippen LogP contribution is 2.36. The fraction of sp³-hybridized carbons (Fsp3) is 1.00. The summed E-state index contributed by atoms with van der Waals surface area (Å²) in [5, 5.41) is 9.89. The fourth-order valence-electron chi connectivity index (χ4n) is 2.45. The van der Waals surface area contributed by atoms with E-state index in [0.29, 0.717) is 12.1 Å². The van der Waals surface area contributed by atoms with Gasteiger partial charge in [0.25, 0.3) is 0 Å². The maximum absolute atomic E-state index is 9.89. The van der Waals surface area contributed by atoms with Crippen LogP contribution in [0.3, 0.4) is 0 Å². The zero-order valence-electron chi connectivity index (χ0n) is 11.9. The van der Waals surface area contributed by atoms with E-state index in [-0.39, 0.29) is 0 Å². The summed E-state index contributed by atoms with van der Waals surface area (Å²) < 4.78 is 0. The number of aliphatic hydroxyl groups is 1. The molecule has 0 aromatic heterocycles. The Morgan fingerprint density at radius 2 is 1.88 bits per heavy atom. The van der Waals surface area contributed by atoms with Gasteiger partial charge >= 0.3 is 0 Å². The summed E-state index contributed by atoms with van der Waals surface area (Å²) in [4.78, 5) is 4.68. The van der Waals surface area contributed by atoms with Crippen LogP contribution in [0.15, 0.2) is 0 Å². The van der Waals surface area contributed by atoms with Gasteiger partial charge in [0.15, 0.2) is 0 Å². The normalized spacial score (nSPS) is 22.6. The molecule has 1 saturated carbocycles. The van der Waals surface area contributed by atoms with Crippen molar-refractivity contribution in [3.05, 3.63) is 0 Å². The lowest BCUT2D eigenvalue weighted by Crippen LogP contribution is -2.57. The second-order valence-corrected chi connectivity index (χ2v) is 6.16. The SMILES string of the molecule is CN(CCC(C)(O)CN)CC1(N(C)C)CCC1. The molecule has 1 aliphatic rings. The maximum atomic E-state index is 9.89. The minimum absolute atomic E-state index is 0.333. The zero-order chi connectivity index (χ0) is 13.1. The largest absolute Gasteiger partial charge is 0.389 e. The highest BCUT2D eigenvalue weighted by Gasteiger charge is 2.39. The monoisotopic (exact) mass is 243 g/mol. The predicted octanol–water partition coefficient (Wildman–Crippen LogP) is 0.502.